The van der Waals surface area contributed by atoms with Gasteiger partial charge in [-0.05, 0) is 64.4 Å². The van der Waals surface area contributed by atoms with E-state index in [1.165, 1.54) is 25.5 Å². The molecule has 1 aliphatic rings. The lowest BCUT2D eigenvalue weighted by atomic mass is 9.82. The number of esters is 4. The van der Waals surface area contributed by atoms with Gasteiger partial charge in [-0.3, -0.25) is 19.2 Å². The Bertz CT molecular complexity index is 1770. The van der Waals surface area contributed by atoms with Crippen LogP contribution in [0.1, 0.15) is 133 Å². The van der Waals surface area contributed by atoms with Crippen molar-refractivity contribution in [1.82, 2.24) is 0 Å². The molecule has 13 heteroatoms. The molecule has 0 bridgehead atoms. The molecule has 59 heavy (non-hydrogen) atoms. The highest BCUT2D eigenvalue weighted by molar-refractivity contribution is 5.68. The molecule has 1 fully saturated rings. The lowest BCUT2D eigenvalue weighted by Gasteiger charge is -2.40. The van der Waals surface area contributed by atoms with Gasteiger partial charge in [-0.15, -0.1) is 0 Å². The summed E-state index contributed by atoms with van der Waals surface area (Å²) in [4.78, 5) is 62.2. The van der Waals surface area contributed by atoms with Gasteiger partial charge in [0.2, 0.25) is 0 Å². The lowest BCUT2D eigenvalue weighted by molar-refractivity contribution is -0.213. The van der Waals surface area contributed by atoms with Crippen molar-refractivity contribution >= 4 is 23.9 Å². The van der Waals surface area contributed by atoms with Gasteiger partial charge >= 0.3 is 29.5 Å². The first-order valence-electron chi connectivity index (χ1n) is 20.5. The molecule has 1 saturated heterocycles. The largest absolute Gasteiger partial charge is 0.507 e. The third-order valence-corrected chi connectivity index (χ3v) is 10.6. The predicted octanol–water partition coefficient (Wildman–Crippen LogP) is 7.91. The van der Waals surface area contributed by atoms with Gasteiger partial charge in [0.1, 0.15) is 41.5 Å². The summed E-state index contributed by atoms with van der Waals surface area (Å²) in [5.74, 6) is -2.10. The number of hydrogen-bond acceptors (Lipinski definition) is 13. The fourth-order valence-electron chi connectivity index (χ4n) is 7.47. The molecule has 6 unspecified atom stereocenters. The highest BCUT2D eigenvalue weighted by Crippen LogP contribution is 2.40. The summed E-state index contributed by atoms with van der Waals surface area (Å²) < 4.78 is 33.9. The lowest BCUT2D eigenvalue weighted by Crippen LogP contribution is -2.49. The second kappa shape index (κ2) is 23.3. The van der Waals surface area contributed by atoms with Crippen LogP contribution in [0.15, 0.2) is 62.9 Å². The number of carbonyl (C=O) groups is 4. The SMILES string of the molecule is CCC(C)CC(C)C=C(C)C=CCC(C)C(OC(C)=O)C(C)C=C(C)C=CC(OC(C)=O)C(C)(C)c1cc(O)c([C@H]2O[C@@H](CO)C[C@@H](OC(C)=O)[C@@H]2OC(C)=O)c(=O)o1. The van der Waals surface area contributed by atoms with Gasteiger partial charge in [0, 0.05) is 46.1 Å². The molecule has 2 N–H and O–H groups in total. The van der Waals surface area contributed by atoms with Crippen molar-refractivity contribution < 1.29 is 57.5 Å². The molecule has 2 rings (SSSR count). The summed E-state index contributed by atoms with van der Waals surface area (Å²) in [5.41, 5.74) is -0.721. The van der Waals surface area contributed by atoms with E-state index in [4.69, 9.17) is 28.1 Å². The second-order valence-electron chi connectivity index (χ2n) is 16.7. The van der Waals surface area contributed by atoms with Crippen molar-refractivity contribution in [3.63, 3.8) is 0 Å². The van der Waals surface area contributed by atoms with Gasteiger partial charge in [0.05, 0.1) is 18.1 Å². The topological polar surface area (TPSA) is 185 Å². The number of ether oxygens (including phenoxy) is 5. The predicted molar refractivity (Wildman–Crippen MR) is 223 cm³/mol. The Balaban J connectivity index is 2.42. The minimum absolute atomic E-state index is 0.000164. The maximum Gasteiger partial charge on any atom is 0.345 e. The van der Waals surface area contributed by atoms with Crippen LogP contribution in [0.25, 0.3) is 0 Å². The van der Waals surface area contributed by atoms with E-state index < -0.39 is 83.5 Å². The normalized spacial score (nSPS) is 22.3. The molecule has 0 aromatic carbocycles. The highest BCUT2D eigenvalue weighted by Gasteiger charge is 2.47. The first-order valence-corrected chi connectivity index (χ1v) is 20.5. The summed E-state index contributed by atoms with van der Waals surface area (Å²) in [6.07, 6.45) is 8.58. The maximum absolute atomic E-state index is 13.7. The van der Waals surface area contributed by atoms with Crippen molar-refractivity contribution in [1.29, 1.82) is 0 Å². The van der Waals surface area contributed by atoms with Crippen molar-refractivity contribution in [2.24, 2.45) is 23.7 Å². The standard InChI is InChI=1S/C46H68O13/c1-14-26(2)20-29(5)21-27(3)16-15-17-30(6)42(56-34(10)50)31(7)22-28(4)18-19-39(55-33(9)49)46(12,13)40-24-37(52)41(45(53)59-40)44-43(57-35(11)51)38(54-32(8)48)23-36(25-47)58-44/h15-16,18-19,21-22,24,26,29-31,36,38-39,42-44,47,52H,14,17,20,23,25H2,1-13H3/t26?,29?,30?,31?,36-,38-,39?,42?,43+,44-/m1/s1. The number of carbonyl (C=O) groups excluding carboxylic acids is 4. The van der Waals surface area contributed by atoms with Crippen LogP contribution in [0.4, 0.5) is 0 Å². The molecule has 0 amide bonds. The van der Waals surface area contributed by atoms with Crippen molar-refractivity contribution in [2.45, 2.75) is 158 Å². The van der Waals surface area contributed by atoms with Crippen molar-refractivity contribution in [2.75, 3.05) is 6.61 Å². The average molecular weight is 829 g/mol. The van der Waals surface area contributed by atoms with Gasteiger partial charge in [-0.2, -0.15) is 0 Å². The number of rotatable bonds is 20. The maximum atomic E-state index is 13.7. The van der Waals surface area contributed by atoms with E-state index in [-0.39, 0.29) is 30.0 Å². The van der Waals surface area contributed by atoms with Crippen LogP contribution in [0.3, 0.4) is 0 Å². The molecule has 0 radical (unpaired) electrons. The zero-order valence-corrected chi connectivity index (χ0v) is 37.2. The van der Waals surface area contributed by atoms with E-state index in [1.54, 1.807) is 26.0 Å². The van der Waals surface area contributed by atoms with Crippen LogP contribution in [0.5, 0.6) is 5.75 Å². The fraction of sp³-hybridized carbons (Fsp3) is 0.630. The first kappa shape index (κ1) is 50.7. The summed E-state index contributed by atoms with van der Waals surface area (Å²) >= 11 is 0. The molecule has 10 atom stereocenters. The average Bonchev–Trinajstić information content (AvgIpc) is 3.11. The smallest absolute Gasteiger partial charge is 0.345 e. The summed E-state index contributed by atoms with van der Waals surface area (Å²) in [7, 11) is 0. The number of aromatic hydroxyl groups is 1. The molecule has 13 nitrogen and oxygen atoms in total. The monoisotopic (exact) mass is 828 g/mol. The van der Waals surface area contributed by atoms with E-state index in [0.717, 1.165) is 32.3 Å². The van der Waals surface area contributed by atoms with E-state index in [0.29, 0.717) is 18.3 Å². The molecule has 2 heterocycles. The number of aliphatic hydroxyl groups is 1. The Kier molecular flexibility index (Phi) is 20.0. The quantitative estimate of drug-likeness (QED) is 0.0735. The molecule has 1 aliphatic heterocycles. The Morgan fingerprint density at radius 1 is 0.898 bits per heavy atom. The van der Waals surface area contributed by atoms with E-state index >= 15 is 0 Å². The molecule has 0 aliphatic carbocycles. The Morgan fingerprint density at radius 3 is 2.05 bits per heavy atom. The van der Waals surface area contributed by atoms with Crippen LogP contribution in [-0.4, -0.2) is 71.2 Å². The molecule has 1 aromatic rings. The van der Waals surface area contributed by atoms with Gasteiger partial charge in [-0.25, -0.2) is 4.79 Å². The molecule has 0 spiro atoms. The molecule has 330 valence electrons. The Morgan fingerprint density at radius 2 is 1.51 bits per heavy atom. The fourth-order valence-corrected chi connectivity index (χ4v) is 7.47. The van der Waals surface area contributed by atoms with Crippen LogP contribution in [0.2, 0.25) is 0 Å². The number of hydrogen-bond donors (Lipinski definition) is 2. The van der Waals surface area contributed by atoms with Crippen molar-refractivity contribution in [3.05, 3.63) is 75.4 Å². The Labute approximate surface area is 349 Å². The molecule has 1 aromatic heterocycles. The molecular weight excluding hydrogens is 760 g/mol. The van der Waals surface area contributed by atoms with Gasteiger partial charge in [0.25, 0.3) is 0 Å². The number of aliphatic hydroxyl groups excluding tert-OH is 1. The summed E-state index contributed by atoms with van der Waals surface area (Å²) in [6.45, 7) is 22.4. The zero-order chi connectivity index (χ0) is 44.8. The van der Waals surface area contributed by atoms with E-state index in [2.05, 4.69) is 45.9 Å². The Hall–Kier alpha value is -4.49. The number of allylic oxidation sites excluding steroid dienone is 6. The van der Waals surface area contributed by atoms with Gasteiger partial charge < -0.3 is 38.3 Å². The van der Waals surface area contributed by atoms with Crippen LogP contribution in [0, 0.1) is 23.7 Å². The van der Waals surface area contributed by atoms with Crippen molar-refractivity contribution in [3.8, 4) is 5.75 Å². The van der Waals surface area contributed by atoms with Crippen LogP contribution >= 0.6 is 0 Å². The second-order valence-corrected chi connectivity index (χ2v) is 16.7. The summed E-state index contributed by atoms with van der Waals surface area (Å²) in [6, 6.07) is 1.19. The van der Waals surface area contributed by atoms with Crippen LogP contribution in [-0.2, 0) is 48.3 Å². The van der Waals surface area contributed by atoms with E-state index in [1.807, 2.05) is 26.8 Å². The van der Waals surface area contributed by atoms with Gasteiger partial charge in [0.15, 0.2) is 6.10 Å². The van der Waals surface area contributed by atoms with Gasteiger partial charge in [-0.1, -0.05) is 82.6 Å². The minimum atomic E-state index is -1.47. The third-order valence-electron chi connectivity index (χ3n) is 10.6. The van der Waals surface area contributed by atoms with E-state index in [9.17, 15) is 34.2 Å². The van der Waals surface area contributed by atoms with Crippen LogP contribution < -0.4 is 5.63 Å². The highest BCUT2D eigenvalue weighted by atomic mass is 16.6. The third kappa shape index (κ3) is 15.9. The molecule has 0 saturated carbocycles. The first-order chi connectivity index (χ1) is 27.5. The zero-order valence-electron chi connectivity index (χ0n) is 37.2. The minimum Gasteiger partial charge on any atom is -0.507 e. The molecular formula is C46H68O13. The summed E-state index contributed by atoms with van der Waals surface area (Å²) in [5, 5.41) is 21.2.